The summed E-state index contributed by atoms with van der Waals surface area (Å²) >= 11 is 1.60. The zero-order chi connectivity index (χ0) is 13.2. The Bertz CT molecular complexity index is 655. The van der Waals surface area contributed by atoms with Crippen molar-refractivity contribution in [3.63, 3.8) is 0 Å². The minimum Gasteiger partial charge on any atom is -0.443 e. The van der Waals surface area contributed by atoms with Crippen LogP contribution in [0, 0.1) is 0 Å². The summed E-state index contributed by atoms with van der Waals surface area (Å²) in [7, 11) is 0. The lowest BCUT2D eigenvalue weighted by molar-refractivity contribution is 0.569. The first-order valence-corrected chi connectivity index (χ1v) is 6.74. The van der Waals surface area contributed by atoms with Gasteiger partial charge in [0.1, 0.15) is 12.0 Å². The highest BCUT2D eigenvalue weighted by Crippen LogP contribution is 2.23. The molecule has 3 aromatic heterocycles. The van der Waals surface area contributed by atoms with Crippen molar-refractivity contribution in [2.24, 2.45) is 5.73 Å². The lowest BCUT2D eigenvalue weighted by Gasteiger charge is -1.96. The number of nitrogens with two attached hydrogens (primary N) is 1. The maximum absolute atomic E-state index is 5.74. The minimum absolute atomic E-state index is 0.118. The summed E-state index contributed by atoms with van der Waals surface area (Å²) in [5.41, 5.74) is 7.32. The first kappa shape index (κ1) is 12.1. The van der Waals surface area contributed by atoms with Crippen molar-refractivity contribution < 1.29 is 4.42 Å². The number of oxazole rings is 1. The summed E-state index contributed by atoms with van der Waals surface area (Å²) in [5, 5.41) is 10.0. The van der Waals surface area contributed by atoms with Crippen molar-refractivity contribution in [3.8, 4) is 10.8 Å². The molecule has 3 rings (SSSR count). The van der Waals surface area contributed by atoms with Gasteiger partial charge in [0.25, 0.3) is 0 Å². The molecular formula is C12H13N5OS. The number of rotatable bonds is 4. The first-order valence-electron chi connectivity index (χ1n) is 5.86. The van der Waals surface area contributed by atoms with Crippen LogP contribution in [0.4, 0.5) is 0 Å². The molecule has 1 atom stereocenters. The molecule has 98 valence electrons. The molecule has 0 bridgehead atoms. The van der Waals surface area contributed by atoms with Crippen molar-refractivity contribution in [1.82, 2.24) is 20.0 Å². The summed E-state index contributed by atoms with van der Waals surface area (Å²) in [4.78, 5) is 5.44. The Hall–Kier alpha value is -1.99. The van der Waals surface area contributed by atoms with E-state index in [0.29, 0.717) is 12.4 Å². The Balaban J connectivity index is 1.76. The van der Waals surface area contributed by atoms with Crippen LogP contribution in [-0.4, -0.2) is 20.0 Å². The second-order valence-corrected chi connectivity index (χ2v) is 5.20. The van der Waals surface area contributed by atoms with Gasteiger partial charge in [0.05, 0.1) is 23.3 Å². The maximum Gasteiger partial charge on any atom is 0.236 e. The smallest absolute Gasteiger partial charge is 0.236 e. The van der Waals surface area contributed by atoms with E-state index in [2.05, 4.69) is 15.3 Å². The van der Waals surface area contributed by atoms with Gasteiger partial charge in [-0.05, 0) is 18.4 Å². The van der Waals surface area contributed by atoms with Gasteiger partial charge >= 0.3 is 0 Å². The molecule has 3 heterocycles. The van der Waals surface area contributed by atoms with Gasteiger partial charge in [-0.25, -0.2) is 9.67 Å². The van der Waals surface area contributed by atoms with E-state index in [1.54, 1.807) is 22.3 Å². The topological polar surface area (TPSA) is 82.8 Å². The standard InChI is InChI=1S/C12H13N5OS/c1-8(13)10-6-17(16-15-10)5-9-7-18-12(14-9)11-3-2-4-19-11/h2-4,6-8H,5,13H2,1H3. The molecule has 19 heavy (non-hydrogen) atoms. The summed E-state index contributed by atoms with van der Waals surface area (Å²) in [5.74, 6) is 0.637. The second kappa shape index (κ2) is 4.94. The fraction of sp³-hybridized carbons (Fsp3) is 0.250. The molecule has 0 radical (unpaired) electrons. The molecule has 0 amide bonds. The Morgan fingerprint density at radius 2 is 2.42 bits per heavy atom. The Labute approximate surface area is 113 Å². The molecule has 0 aromatic carbocycles. The zero-order valence-corrected chi connectivity index (χ0v) is 11.2. The first-order chi connectivity index (χ1) is 9.22. The van der Waals surface area contributed by atoms with Crippen LogP contribution in [-0.2, 0) is 6.54 Å². The SMILES string of the molecule is CC(N)c1cn(Cc2coc(-c3cccs3)n2)nn1. The maximum atomic E-state index is 5.74. The molecule has 2 N–H and O–H groups in total. The van der Waals surface area contributed by atoms with Crippen LogP contribution in [0.1, 0.15) is 24.4 Å². The molecule has 0 saturated carbocycles. The predicted octanol–water partition coefficient (Wildman–Crippen LogP) is 2.06. The number of thiophene rings is 1. The van der Waals surface area contributed by atoms with Gasteiger partial charge in [-0.2, -0.15) is 0 Å². The van der Waals surface area contributed by atoms with E-state index in [4.69, 9.17) is 10.2 Å². The molecule has 3 aromatic rings. The average molecular weight is 275 g/mol. The van der Waals surface area contributed by atoms with Gasteiger partial charge in [-0.3, -0.25) is 0 Å². The van der Waals surface area contributed by atoms with E-state index in [1.807, 2.05) is 30.6 Å². The fourth-order valence-corrected chi connectivity index (χ4v) is 2.31. The molecule has 6 nitrogen and oxygen atoms in total. The van der Waals surface area contributed by atoms with Gasteiger partial charge in [-0.15, -0.1) is 16.4 Å². The third-order valence-electron chi connectivity index (χ3n) is 2.63. The van der Waals surface area contributed by atoms with Crippen molar-refractivity contribution in [3.05, 3.63) is 41.4 Å². The monoisotopic (exact) mass is 275 g/mol. The zero-order valence-electron chi connectivity index (χ0n) is 10.4. The van der Waals surface area contributed by atoms with Crippen LogP contribution in [0.15, 0.2) is 34.4 Å². The fourth-order valence-electron chi connectivity index (χ4n) is 1.66. The Kier molecular flexibility index (Phi) is 3.14. The van der Waals surface area contributed by atoms with E-state index in [1.165, 1.54) is 0 Å². The number of hydrogen-bond donors (Lipinski definition) is 1. The molecule has 0 saturated heterocycles. The normalized spacial score (nSPS) is 12.7. The summed E-state index contributed by atoms with van der Waals surface area (Å²) in [6, 6.07) is 3.83. The average Bonchev–Trinajstić information content (AvgIpc) is 3.09. The Morgan fingerprint density at radius 3 is 3.11 bits per heavy atom. The van der Waals surface area contributed by atoms with Gasteiger partial charge in [-0.1, -0.05) is 11.3 Å². The Morgan fingerprint density at radius 1 is 1.53 bits per heavy atom. The highest BCUT2D eigenvalue weighted by atomic mass is 32.1. The predicted molar refractivity (Wildman–Crippen MR) is 71.5 cm³/mol. The quantitative estimate of drug-likeness (QED) is 0.788. The van der Waals surface area contributed by atoms with Crippen molar-refractivity contribution in [2.75, 3.05) is 0 Å². The van der Waals surface area contributed by atoms with Crippen LogP contribution in [0.25, 0.3) is 10.8 Å². The van der Waals surface area contributed by atoms with Gasteiger partial charge in [0.15, 0.2) is 0 Å². The second-order valence-electron chi connectivity index (χ2n) is 4.25. The molecule has 0 spiro atoms. The van der Waals surface area contributed by atoms with E-state index >= 15 is 0 Å². The van der Waals surface area contributed by atoms with Crippen molar-refractivity contribution in [1.29, 1.82) is 0 Å². The van der Waals surface area contributed by atoms with E-state index in [0.717, 1.165) is 16.3 Å². The molecule has 0 fully saturated rings. The highest BCUT2D eigenvalue weighted by Gasteiger charge is 2.10. The minimum atomic E-state index is -0.118. The molecule has 0 aliphatic rings. The summed E-state index contributed by atoms with van der Waals surface area (Å²) in [6.07, 6.45) is 3.46. The third-order valence-corrected chi connectivity index (χ3v) is 3.49. The highest BCUT2D eigenvalue weighted by molar-refractivity contribution is 7.13. The third kappa shape index (κ3) is 2.56. The number of hydrogen-bond acceptors (Lipinski definition) is 6. The van der Waals surface area contributed by atoms with Crippen LogP contribution in [0.3, 0.4) is 0 Å². The van der Waals surface area contributed by atoms with Gasteiger partial charge in [0, 0.05) is 6.04 Å². The van der Waals surface area contributed by atoms with Crippen LogP contribution in [0.5, 0.6) is 0 Å². The lowest BCUT2D eigenvalue weighted by Crippen LogP contribution is -2.05. The molecule has 0 aliphatic heterocycles. The van der Waals surface area contributed by atoms with Crippen LogP contribution < -0.4 is 5.73 Å². The molecule has 1 unspecified atom stereocenters. The largest absolute Gasteiger partial charge is 0.443 e. The van der Waals surface area contributed by atoms with E-state index in [-0.39, 0.29) is 6.04 Å². The van der Waals surface area contributed by atoms with Crippen molar-refractivity contribution in [2.45, 2.75) is 19.5 Å². The molecular weight excluding hydrogens is 262 g/mol. The van der Waals surface area contributed by atoms with E-state index < -0.39 is 0 Å². The summed E-state index contributed by atoms with van der Waals surface area (Å²) < 4.78 is 7.15. The van der Waals surface area contributed by atoms with Gasteiger partial charge in [0.2, 0.25) is 5.89 Å². The van der Waals surface area contributed by atoms with Crippen molar-refractivity contribution >= 4 is 11.3 Å². The molecule has 7 heteroatoms. The van der Waals surface area contributed by atoms with Crippen LogP contribution >= 0.6 is 11.3 Å². The summed E-state index contributed by atoms with van der Waals surface area (Å²) in [6.45, 7) is 2.40. The number of aromatic nitrogens is 4. The van der Waals surface area contributed by atoms with E-state index in [9.17, 15) is 0 Å². The van der Waals surface area contributed by atoms with Gasteiger partial charge < -0.3 is 10.2 Å². The lowest BCUT2D eigenvalue weighted by atomic mass is 10.3. The molecule has 0 aliphatic carbocycles. The number of nitrogens with zero attached hydrogens (tertiary/aromatic N) is 4. The van der Waals surface area contributed by atoms with Crippen LogP contribution in [0.2, 0.25) is 0 Å².